The lowest BCUT2D eigenvalue weighted by atomic mass is 9.96. The van der Waals surface area contributed by atoms with Crippen molar-refractivity contribution in [1.29, 1.82) is 5.26 Å². The van der Waals surface area contributed by atoms with Crippen LogP contribution < -0.4 is 0 Å². The SMILES string of the molecule is [C-]#[N+]C(C#N)(CCC(F)(F)F)Cn1ccc(-c2ccccc2)n1. The van der Waals surface area contributed by atoms with Crippen LogP contribution in [-0.2, 0) is 6.54 Å². The zero-order valence-electron chi connectivity index (χ0n) is 12.1. The van der Waals surface area contributed by atoms with Crippen molar-refractivity contribution in [3.63, 3.8) is 0 Å². The Kier molecular flexibility index (Phi) is 4.71. The summed E-state index contributed by atoms with van der Waals surface area (Å²) in [5.74, 6) is 0. The summed E-state index contributed by atoms with van der Waals surface area (Å²) in [4.78, 5) is 3.15. The van der Waals surface area contributed by atoms with Gasteiger partial charge in [0.25, 0.3) is 0 Å². The van der Waals surface area contributed by atoms with E-state index in [-0.39, 0.29) is 6.54 Å². The summed E-state index contributed by atoms with van der Waals surface area (Å²) in [6.07, 6.45) is -4.58. The molecule has 0 bridgehead atoms. The van der Waals surface area contributed by atoms with E-state index in [4.69, 9.17) is 6.57 Å². The van der Waals surface area contributed by atoms with Crippen molar-refractivity contribution in [3.05, 3.63) is 54.0 Å². The van der Waals surface area contributed by atoms with Crippen LogP contribution in [0.1, 0.15) is 12.8 Å². The van der Waals surface area contributed by atoms with Crippen LogP contribution in [0, 0.1) is 17.9 Å². The second-order valence-electron chi connectivity index (χ2n) is 5.13. The average Bonchev–Trinajstić information content (AvgIpc) is 3.00. The Morgan fingerprint density at radius 3 is 2.43 bits per heavy atom. The van der Waals surface area contributed by atoms with Gasteiger partial charge in [0.1, 0.15) is 6.54 Å². The maximum atomic E-state index is 12.4. The fourth-order valence-electron chi connectivity index (χ4n) is 2.12. The molecule has 7 heteroatoms. The van der Waals surface area contributed by atoms with E-state index in [1.807, 2.05) is 30.3 Å². The fraction of sp³-hybridized carbons (Fsp3) is 0.312. The minimum atomic E-state index is -4.40. The Hall–Kier alpha value is -2.80. The zero-order chi connectivity index (χ0) is 16.9. The molecule has 0 saturated carbocycles. The third-order valence-electron chi connectivity index (χ3n) is 3.38. The van der Waals surface area contributed by atoms with Gasteiger partial charge in [0.15, 0.2) is 6.07 Å². The van der Waals surface area contributed by atoms with E-state index >= 15 is 0 Å². The molecule has 2 aromatic rings. The minimum Gasteiger partial charge on any atom is -0.292 e. The summed E-state index contributed by atoms with van der Waals surface area (Å²) in [6, 6.07) is 12.7. The molecule has 1 aromatic carbocycles. The average molecular weight is 318 g/mol. The Morgan fingerprint density at radius 2 is 1.87 bits per heavy atom. The molecule has 1 heterocycles. The summed E-state index contributed by atoms with van der Waals surface area (Å²) in [5, 5.41) is 13.4. The summed E-state index contributed by atoms with van der Waals surface area (Å²) in [5.41, 5.74) is -0.277. The Labute approximate surface area is 131 Å². The molecule has 1 aromatic heterocycles. The summed E-state index contributed by atoms with van der Waals surface area (Å²) >= 11 is 0. The van der Waals surface area contributed by atoms with Crippen molar-refractivity contribution in [1.82, 2.24) is 9.78 Å². The van der Waals surface area contributed by atoms with Crippen molar-refractivity contribution in [3.8, 4) is 17.3 Å². The number of aromatic nitrogens is 2. The molecular weight excluding hydrogens is 305 g/mol. The second kappa shape index (κ2) is 6.53. The first-order chi connectivity index (χ1) is 10.9. The molecule has 0 saturated heterocycles. The zero-order valence-corrected chi connectivity index (χ0v) is 12.1. The quantitative estimate of drug-likeness (QED) is 0.780. The molecule has 0 radical (unpaired) electrons. The first-order valence-electron chi connectivity index (χ1n) is 6.83. The smallest absolute Gasteiger partial charge is 0.292 e. The van der Waals surface area contributed by atoms with Gasteiger partial charge in [-0.15, -0.1) is 0 Å². The van der Waals surface area contributed by atoms with Gasteiger partial charge in [0, 0.05) is 11.8 Å². The van der Waals surface area contributed by atoms with E-state index in [9.17, 15) is 18.4 Å². The molecule has 0 amide bonds. The Balaban J connectivity index is 2.17. The summed E-state index contributed by atoms with van der Waals surface area (Å²) in [6.45, 7) is 6.93. The molecular formula is C16H13F3N4. The topological polar surface area (TPSA) is 46.0 Å². The Bertz CT molecular complexity index is 721. The van der Waals surface area contributed by atoms with E-state index in [0.29, 0.717) is 5.69 Å². The van der Waals surface area contributed by atoms with Crippen LogP contribution in [-0.4, -0.2) is 21.5 Å². The lowest BCUT2D eigenvalue weighted by Crippen LogP contribution is -2.31. The number of hydrogen-bond donors (Lipinski definition) is 0. The predicted molar refractivity (Wildman–Crippen MR) is 77.9 cm³/mol. The largest absolute Gasteiger partial charge is 0.389 e. The van der Waals surface area contributed by atoms with E-state index in [1.54, 1.807) is 18.3 Å². The van der Waals surface area contributed by atoms with E-state index in [0.717, 1.165) is 5.56 Å². The molecule has 0 aliphatic carbocycles. The lowest BCUT2D eigenvalue weighted by Gasteiger charge is -2.15. The van der Waals surface area contributed by atoms with Crippen LogP contribution >= 0.6 is 0 Å². The van der Waals surface area contributed by atoms with Crippen molar-refractivity contribution >= 4 is 0 Å². The Morgan fingerprint density at radius 1 is 1.17 bits per heavy atom. The standard InChI is InChI=1S/C16H13F3N4/c1-21-15(11-20,8-9-16(17,18)19)12-23-10-7-14(22-23)13-5-3-2-4-6-13/h2-7,10H,8-9,12H2. The molecule has 118 valence electrons. The highest BCUT2D eigenvalue weighted by molar-refractivity contribution is 5.58. The van der Waals surface area contributed by atoms with Crippen LogP contribution in [0.5, 0.6) is 0 Å². The molecule has 0 spiro atoms. The number of rotatable bonds is 5. The molecule has 0 fully saturated rings. The van der Waals surface area contributed by atoms with Gasteiger partial charge in [-0.25, -0.2) is 6.57 Å². The maximum absolute atomic E-state index is 12.4. The fourth-order valence-corrected chi connectivity index (χ4v) is 2.12. The number of hydrogen-bond acceptors (Lipinski definition) is 2. The van der Waals surface area contributed by atoms with Crippen molar-refractivity contribution < 1.29 is 13.2 Å². The van der Waals surface area contributed by atoms with Gasteiger partial charge in [0.05, 0.1) is 18.5 Å². The molecule has 0 aliphatic rings. The van der Waals surface area contributed by atoms with Gasteiger partial charge in [-0.2, -0.15) is 23.5 Å². The highest BCUT2D eigenvalue weighted by Crippen LogP contribution is 2.29. The number of nitrogens with zero attached hydrogens (tertiary/aromatic N) is 4. The van der Waals surface area contributed by atoms with E-state index < -0.39 is 24.6 Å². The number of halogens is 3. The van der Waals surface area contributed by atoms with Crippen LogP contribution in [0.15, 0.2) is 42.6 Å². The van der Waals surface area contributed by atoms with Crippen molar-refractivity contribution in [2.45, 2.75) is 31.1 Å². The monoisotopic (exact) mass is 318 g/mol. The number of alkyl halides is 3. The first kappa shape index (κ1) is 16.6. The van der Waals surface area contributed by atoms with Gasteiger partial charge in [-0.05, 0) is 6.07 Å². The van der Waals surface area contributed by atoms with Crippen molar-refractivity contribution in [2.24, 2.45) is 0 Å². The third kappa shape index (κ3) is 4.33. The molecule has 4 nitrogen and oxygen atoms in total. The number of nitriles is 1. The van der Waals surface area contributed by atoms with Gasteiger partial charge in [-0.1, -0.05) is 30.3 Å². The van der Waals surface area contributed by atoms with Crippen LogP contribution in [0.25, 0.3) is 16.1 Å². The van der Waals surface area contributed by atoms with Gasteiger partial charge < -0.3 is 0 Å². The third-order valence-corrected chi connectivity index (χ3v) is 3.38. The maximum Gasteiger partial charge on any atom is 0.389 e. The molecule has 0 aliphatic heterocycles. The molecule has 2 rings (SSSR count). The molecule has 23 heavy (non-hydrogen) atoms. The minimum absolute atomic E-state index is 0.198. The molecule has 1 atom stereocenters. The van der Waals surface area contributed by atoms with E-state index in [2.05, 4.69) is 9.94 Å². The first-order valence-corrected chi connectivity index (χ1v) is 6.83. The van der Waals surface area contributed by atoms with E-state index in [1.165, 1.54) is 4.68 Å². The van der Waals surface area contributed by atoms with Crippen LogP contribution in [0.3, 0.4) is 0 Å². The predicted octanol–water partition coefficient (Wildman–Crippen LogP) is 4.07. The summed E-state index contributed by atoms with van der Waals surface area (Å²) < 4.78 is 38.5. The highest BCUT2D eigenvalue weighted by atomic mass is 19.4. The van der Waals surface area contributed by atoms with Crippen LogP contribution in [0.2, 0.25) is 0 Å². The lowest BCUT2D eigenvalue weighted by molar-refractivity contribution is -0.137. The molecule has 1 unspecified atom stereocenters. The normalized spacial score (nSPS) is 13.8. The van der Waals surface area contributed by atoms with Gasteiger partial charge in [0.2, 0.25) is 0 Å². The van der Waals surface area contributed by atoms with Gasteiger partial charge in [-0.3, -0.25) is 9.53 Å². The second-order valence-corrected chi connectivity index (χ2v) is 5.13. The highest BCUT2D eigenvalue weighted by Gasteiger charge is 2.42. The van der Waals surface area contributed by atoms with Crippen molar-refractivity contribution in [2.75, 3.05) is 0 Å². The van der Waals surface area contributed by atoms with Gasteiger partial charge >= 0.3 is 11.7 Å². The number of benzene rings is 1. The molecule has 0 N–H and O–H groups in total. The summed E-state index contributed by atoms with van der Waals surface area (Å²) in [7, 11) is 0. The van der Waals surface area contributed by atoms with Crippen LogP contribution in [0.4, 0.5) is 13.2 Å².